The molecule has 1 heterocycles. The lowest BCUT2D eigenvalue weighted by Gasteiger charge is -2.26. The lowest BCUT2D eigenvalue weighted by atomic mass is 10.00. The highest BCUT2D eigenvalue weighted by molar-refractivity contribution is 5.95. The average Bonchev–Trinajstić information content (AvgIpc) is 2.66. The molecule has 0 aliphatic carbocycles. The van der Waals surface area contributed by atoms with E-state index >= 15 is 0 Å². The maximum Gasteiger partial charge on any atom is 0.336 e. The summed E-state index contributed by atoms with van der Waals surface area (Å²) in [6.07, 6.45) is 0. The number of carbonyl (C=O) groups excluding carboxylic acids is 1. The Balaban J connectivity index is 1.81. The molecule has 0 bridgehead atoms. The smallest absolute Gasteiger partial charge is 0.336 e. The van der Waals surface area contributed by atoms with Crippen LogP contribution < -0.4 is 15.3 Å². The molecule has 5 nitrogen and oxygen atoms in total. The van der Waals surface area contributed by atoms with Gasteiger partial charge in [-0.25, -0.2) is 4.79 Å². The Morgan fingerprint density at radius 3 is 2.39 bits per heavy atom. The molecular formula is C23H25NO4. The number of hydrogen-bond acceptors (Lipinski definition) is 4. The Hall–Kier alpha value is -3.08. The van der Waals surface area contributed by atoms with Crippen LogP contribution in [0.1, 0.15) is 39.2 Å². The van der Waals surface area contributed by atoms with Crippen molar-refractivity contribution in [3.63, 3.8) is 0 Å². The Bertz CT molecular complexity index is 1020. The first-order chi connectivity index (χ1) is 13.4. The van der Waals surface area contributed by atoms with E-state index in [0.29, 0.717) is 11.3 Å². The zero-order chi connectivity index (χ0) is 20.3. The van der Waals surface area contributed by atoms with Gasteiger partial charge in [0, 0.05) is 29.2 Å². The van der Waals surface area contributed by atoms with Gasteiger partial charge in [-0.3, -0.25) is 4.79 Å². The number of ether oxygens (including phenoxy) is 1. The first kappa shape index (κ1) is 19.7. The lowest BCUT2D eigenvalue weighted by molar-refractivity contribution is -0.120. The molecule has 1 aromatic heterocycles. The summed E-state index contributed by atoms with van der Waals surface area (Å²) < 4.78 is 11.0. The third-order valence-electron chi connectivity index (χ3n) is 4.55. The van der Waals surface area contributed by atoms with Crippen LogP contribution in [-0.2, 0) is 4.79 Å². The van der Waals surface area contributed by atoms with E-state index in [-0.39, 0.29) is 30.1 Å². The van der Waals surface area contributed by atoms with Crippen molar-refractivity contribution in [2.75, 3.05) is 11.5 Å². The Morgan fingerprint density at radius 2 is 1.75 bits per heavy atom. The second-order valence-electron chi connectivity index (χ2n) is 7.32. The van der Waals surface area contributed by atoms with Crippen LogP contribution >= 0.6 is 0 Å². The molecule has 28 heavy (non-hydrogen) atoms. The van der Waals surface area contributed by atoms with Gasteiger partial charge in [0.25, 0.3) is 5.91 Å². The third kappa shape index (κ3) is 4.25. The molecule has 0 radical (unpaired) electrons. The van der Waals surface area contributed by atoms with E-state index in [1.165, 1.54) is 6.07 Å². The van der Waals surface area contributed by atoms with E-state index < -0.39 is 0 Å². The molecule has 146 valence electrons. The summed E-state index contributed by atoms with van der Waals surface area (Å²) in [4.78, 5) is 26.3. The summed E-state index contributed by atoms with van der Waals surface area (Å²) in [6.45, 7) is 7.88. The average molecular weight is 379 g/mol. The Morgan fingerprint density at radius 1 is 1.04 bits per heavy atom. The number of fused-ring (bicyclic) bond motifs is 1. The normalized spacial score (nSPS) is 11.2. The number of carbonyl (C=O) groups is 1. The van der Waals surface area contributed by atoms with Gasteiger partial charge in [0.15, 0.2) is 6.61 Å². The van der Waals surface area contributed by atoms with Crippen LogP contribution in [0.5, 0.6) is 5.75 Å². The highest BCUT2D eigenvalue weighted by atomic mass is 16.5. The van der Waals surface area contributed by atoms with Crippen molar-refractivity contribution in [1.82, 2.24) is 0 Å². The molecule has 0 unspecified atom stereocenters. The first-order valence-electron chi connectivity index (χ1n) is 9.44. The standard InChI is InChI=1S/C23H25NO4/c1-15(2)20-13-23(26)28-21-12-18(10-11-19(20)21)27-14-22(25)24(16(3)4)17-8-6-5-7-9-17/h5-13,15-16H,14H2,1-4H3. The molecule has 0 N–H and O–H groups in total. The van der Waals surface area contributed by atoms with Crippen molar-refractivity contribution in [3.05, 3.63) is 70.6 Å². The van der Waals surface area contributed by atoms with Crippen LogP contribution in [0.15, 0.2) is 63.8 Å². The van der Waals surface area contributed by atoms with Crippen molar-refractivity contribution in [2.45, 2.75) is 39.7 Å². The summed E-state index contributed by atoms with van der Waals surface area (Å²) in [5, 5.41) is 0.876. The number of amides is 1. The van der Waals surface area contributed by atoms with E-state index in [1.54, 1.807) is 17.0 Å². The quantitative estimate of drug-likeness (QED) is 0.581. The third-order valence-corrected chi connectivity index (χ3v) is 4.55. The first-order valence-corrected chi connectivity index (χ1v) is 9.44. The second kappa shape index (κ2) is 8.30. The van der Waals surface area contributed by atoms with E-state index in [0.717, 1.165) is 16.6 Å². The highest BCUT2D eigenvalue weighted by Gasteiger charge is 2.19. The molecule has 0 aliphatic rings. The fraction of sp³-hybridized carbons (Fsp3) is 0.304. The minimum absolute atomic E-state index is 0.00160. The molecule has 0 fully saturated rings. The van der Waals surface area contributed by atoms with Gasteiger partial charge in [0.05, 0.1) is 0 Å². The number of para-hydroxylation sites is 1. The largest absolute Gasteiger partial charge is 0.484 e. The van der Waals surface area contributed by atoms with Gasteiger partial charge in [-0.1, -0.05) is 32.0 Å². The predicted octanol–water partition coefficient (Wildman–Crippen LogP) is 4.74. The van der Waals surface area contributed by atoms with Crippen LogP contribution in [0.25, 0.3) is 11.0 Å². The van der Waals surface area contributed by atoms with Crippen molar-refractivity contribution < 1.29 is 13.9 Å². The van der Waals surface area contributed by atoms with Gasteiger partial charge in [-0.2, -0.15) is 0 Å². The molecule has 5 heteroatoms. The van der Waals surface area contributed by atoms with E-state index in [1.807, 2.05) is 64.1 Å². The summed E-state index contributed by atoms with van der Waals surface area (Å²) in [6, 6.07) is 16.4. The number of nitrogens with zero attached hydrogens (tertiary/aromatic N) is 1. The highest BCUT2D eigenvalue weighted by Crippen LogP contribution is 2.27. The summed E-state index contributed by atoms with van der Waals surface area (Å²) in [5.74, 6) is 0.547. The Labute approximate surface area is 164 Å². The van der Waals surface area contributed by atoms with Crippen LogP contribution in [-0.4, -0.2) is 18.6 Å². The van der Waals surface area contributed by atoms with E-state index in [9.17, 15) is 9.59 Å². The Kier molecular flexibility index (Phi) is 5.83. The molecule has 3 aromatic rings. The molecular weight excluding hydrogens is 354 g/mol. The van der Waals surface area contributed by atoms with Gasteiger partial charge in [-0.15, -0.1) is 0 Å². The minimum atomic E-state index is -0.389. The predicted molar refractivity (Wildman–Crippen MR) is 111 cm³/mol. The number of hydrogen-bond donors (Lipinski definition) is 0. The number of anilines is 1. The molecule has 0 spiro atoms. The van der Waals surface area contributed by atoms with Crippen LogP contribution in [0.4, 0.5) is 5.69 Å². The van der Waals surface area contributed by atoms with Gasteiger partial charge >= 0.3 is 5.63 Å². The SMILES string of the molecule is CC(C)c1cc(=O)oc2cc(OCC(=O)N(c3ccccc3)C(C)C)ccc12. The summed E-state index contributed by atoms with van der Waals surface area (Å²) in [7, 11) is 0. The van der Waals surface area contributed by atoms with E-state index in [4.69, 9.17) is 9.15 Å². The maximum atomic E-state index is 12.7. The molecule has 0 saturated heterocycles. The molecule has 1 amide bonds. The number of rotatable bonds is 6. The van der Waals surface area contributed by atoms with Gasteiger partial charge in [0.1, 0.15) is 11.3 Å². The zero-order valence-corrected chi connectivity index (χ0v) is 16.6. The topological polar surface area (TPSA) is 59.8 Å². The van der Waals surface area contributed by atoms with Gasteiger partial charge < -0.3 is 14.1 Å². The minimum Gasteiger partial charge on any atom is -0.484 e. The fourth-order valence-electron chi connectivity index (χ4n) is 3.27. The van der Waals surface area contributed by atoms with Crippen LogP contribution in [0, 0.1) is 0 Å². The van der Waals surface area contributed by atoms with E-state index in [2.05, 4.69) is 0 Å². The summed E-state index contributed by atoms with van der Waals surface area (Å²) >= 11 is 0. The molecule has 3 rings (SSSR count). The number of benzene rings is 2. The van der Waals surface area contributed by atoms with Gasteiger partial charge in [-0.05, 0) is 49.6 Å². The van der Waals surface area contributed by atoms with Crippen molar-refractivity contribution in [2.24, 2.45) is 0 Å². The maximum absolute atomic E-state index is 12.7. The van der Waals surface area contributed by atoms with Crippen LogP contribution in [0.2, 0.25) is 0 Å². The van der Waals surface area contributed by atoms with Crippen molar-refractivity contribution in [3.8, 4) is 5.75 Å². The van der Waals surface area contributed by atoms with Crippen molar-refractivity contribution in [1.29, 1.82) is 0 Å². The lowest BCUT2D eigenvalue weighted by Crippen LogP contribution is -2.40. The zero-order valence-electron chi connectivity index (χ0n) is 16.6. The van der Waals surface area contributed by atoms with Crippen LogP contribution in [0.3, 0.4) is 0 Å². The molecule has 2 aromatic carbocycles. The second-order valence-corrected chi connectivity index (χ2v) is 7.32. The molecule has 0 saturated carbocycles. The van der Waals surface area contributed by atoms with Gasteiger partial charge in [0.2, 0.25) is 0 Å². The molecule has 0 aliphatic heterocycles. The fourth-order valence-corrected chi connectivity index (χ4v) is 3.27. The molecule has 0 atom stereocenters. The van der Waals surface area contributed by atoms with Crippen molar-refractivity contribution >= 4 is 22.6 Å². The monoisotopic (exact) mass is 379 g/mol. The summed E-state index contributed by atoms with van der Waals surface area (Å²) in [5.41, 5.74) is 1.84.